The van der Waals surface area contributed by atoms with Crippen LogP contribution in [0.15, 0.2) is 6.07 Å². The minimum Gasteiger partial charge on any atom is -0.156 e. The van der Waals surface area contributed by atoms with Gasteiger partial charge in [0.05, 0.1) is 0 Å². The lowest BCUT2D eigenvalue weighted by molar-refractivity contribution is 1.12. The number of thioether (sulfide) groups is 1. The van der Waals surface area contributed by atoms with Crippen LogP contribution in [0.5, 0.6) is 0 Å². The van der Waals surface area contributed by atoms with E-state index in [0.717, 1.165) is 0 Å². The Morgan fingerprint density at radius 2 is 2.56 bits per heavy atom. The minimum atomic E-state index is 1.23. The summed E-state index contributed by atoms with van der Waals surface area (Å²) in [5.74, 6) is 2.53. The second-order valence-electron chi connectivity index (χ2n) is 2.12. The maximum absolute atomic E-state index is 3.17. The molecule has 0 aromatic carbocycles. The average molecular weight is 155 g/mol. The van der Waals surface area contributed by atoms with Gasteiger partial charge in [-0.25, -0.2) is 0 Å². The predicted octanol–water partition coefficient (Wildman–Crippen LogP) is 2.34. The third kappa shape index (κ3) is 1.01. The van der Waals surface area contributed by atoms with E-state index in [2.05, 4.69) is 11.4 Å². The van der Waals surface area contributed by atoms with Gasteiger partial charge in [0.25, 0.3) is 0 Å². The maximum Gasteiger partial charge on any atom is 0.0448 e. The molecule has 0 atom stereocenters. The molecular weight excluding hydrogens is 148 g/mol. The van der Waals surface area contributed by atoms with Gasteiger partial charge in [0.2, 0.25) is 0 Å². The summed E-state index contributed by atoms with van der Waals surface area (Å²) in [6.07, 6.45) is 1.26. The molecule has 0 unspecified atom stereocenters. The van der Waals surface area contributed by atoms with Crippen LogP contribution in [0.4, 0.5) is 0 Å². The number of thiophene rings is 1. The molecule has 1 aromatic heterocycles. The van der Waals surface area contributed by atoms with Gasteiger partial charge in [-0.2, -0.15) is 11.8 Å². The molecule has 2 heterocycles. The van der Waals surface area contributed by atoms with E-state index in [0.29, 0.717) is 0 Å². The SMILES string of the molecule is [c]1cc2c(s1)CSCC2. The zero-order valence-electron chi connectivity index (χ0n) is 5.02. The largest absolute Gasteiger partial charge is 0.156 e. The summed E-state index contributed by atoms with van der Waals surface area (Å²) in [6.45, 7) is 0. The van der Waals surface area contributed by atoms with Crippen LogP contribution < -0.4 is 0 Å². The van der Waals surface area contributed by atoms with Crippen molar-refractivity contribution in [2.75, 3.05) is 5.75 Å². The summed E-state index contributed by atoms with van der Waals surface area (Å²) in [7, 11) is 0. The molecule has 1 aliphatic heterocycles. The maximum atomic E-state index is 3.17. The first kappa shape index (κ1) is 5.81. The topological polar surface area (TPSA) is 0 Å². The lowest BCUT2D eigenvalue weighted by Gasteiger charge is -2.08. The van der Waals surface area contributed by atoms with Crippen molar-refractivity contribution in [3.63, 3.8) is 0 Å². The Morgan fingerprint density at radius 3 is 3.44 bits per heavy atom. The van der Waals surface area contributed by atoms with E-state index in [9.17, 15) is 0 Å². The zero-order valence-corrected chi connectivity index (χ0v) is 6.65. The molecule has 0 bridgehead atoms. The molecular formula is C7H7S2. The van der Waals surface area contributed by atoms with Gasteiger partial charge < -0.3 is 0 Å². The van der Waals surface area contributed by atoms with E-state index in [4.69, 9.17) is 0 Å². The van der Waals surface area contributed by atoms with Crippen molar-refractivity contribution in [3.05, 3.63) is 21.9 Å². The Bertz CT molecular complexity index is 182. The van der Waals surface area contributed by atoms with E-state index >= 15 is 0 Å². The molecule has 1 aromatic rings. The third-order valence-electron chi connectivity index (χ3n) is 1.52. The monoisotopic (exact) mass is 155 g/mol. The Morgan fingerprint density at radius 1 is 1.56 bits per heavy atom. The second-order valence-corrected chi connectivity index (χ2v) is 4.15. The van der Waals surface area contributed by atoms with Crippen LogP contribution in [0.2, 0.25) is 0 Å². The zero-order chi connectivity index (χ0) is 6.10. The normalized spacial score (nSPS) is 17.3. The highest BCUT2D eigenvalue weighted by Crippen LogP contribution is 2.27. The second kappa shape index (κ2) is 2.35. The summed E-state index contributed by atoms with van der Waals surface area (Å²) in [5, 5.41) is 3.17. The molecule has 0 saturated carbocycles. The summed E-state index contributed by atoms with van der Waals surface area (Å²) in [5.41, 5.74) is 1.54. The Kier molecular flexibility index (Phi) is 1.52. The van der Waals surface area contributed by atoms with Crippen molar-refractivity contribution < 1.29 is 0 Å². The first-order valence-corrected chi connectivity index (χ1v) is 4.99. The number of hydrogen-bond acceptors (Lipinski definition) is 2. The minimum absolute atomic E-state index is 1.23. The van der Waals surface area contributed by atoms with Gasteiger partial charge >= 0.3 is 0 Å². The van der Waals surface area contributed by atoms with Gasteiger partial charge in [-0.05, 0) is 23.8 Å². The summed E-state index contributed by atoms with van der Waals surface area (Å²) < 4.78 is 0. The average Bonchev–Trinajstić information content (AvgIpc) is 2.33. The Balaban J connectivity index is 2.39. The van der Waals surface area contributed by atoms with Crippen LogP contribution in [0.25, 0.3) is 0 Å². The number of hydrogen-bond donors (Lipinski definition) is 0. The van der Waals surface area contributed by atoms with Crippen molar-refractivity contribution in [2.24, 2.45) is 0 Å². The Hall–Kier alpha value is 0.0500. The van der Waals surface area contributed by atoms with Crippen molar-refractivity contribution >= 4 is 23.1 Å². The highest BCUT2D eigenvalue weighted by atomic mass is 32.2. The number of fused-ring (bicyclic) bond motifs is 1. The molecule has 0 N–H and O–H groups in total. The molecule has 2 rings (SSSR count). The standard InChI is InChI=1S/C7H7S2/c1-3-8-5-7-6(1)2-4-9-7/h2H,1,3,5H2. The smallest absolute Gasteiger partial charge is 0.0448 e. The molecule has 0 saturated heterocycles. The fraction of sp³-hybridized carbons (Fsp3) is 0.429. The third-order valence-corrected chi connectivity index (χ3v) is 3.58. The van der Waals surface area contributed by atoms with Crippen molar-refractivity contribution in [2.45, 2.75) is 12.2 Å². The van der Waals surface area contributed by atoms with Gasteiger partial charge in [0.15, 0.2) is 0 Å². The number of aryl methyl sites for hydroxylation is 1. The van der Waals surface area contributed by atoms with Gasteiger partial charge in [-0.15, -0.1) is 11.3 Å². The molecule has 2 heteroatoms. The van der Waals surface area contributed by atoms with Crippen LogP contribution >= 0.6 is 23.1 Å². The van der Waals surface area contributed by atoms with E-state index in [-0.39, 0.29) is 0 Å². The van der Waals surface area contributed by atoms with E-state index in [1.807, 2.05) is 11.8 Å². The summed E-state index contributed by atoms with van der Waals surface area (Å²) in [4.78, 5) is 1.55. The quantitative estimate of drug-likeness (QED) is 0.554. The highest BCUT2D eigenvalue weighted by Gasteiger charge is 2.08. The first-order chi connectivity index (χ1) is 4.47. The van der Waals surface area contributed by atoms with Gasteiger partial charge in [0, 0.05) is 16.0 Å². The van der Waals surface area contributed by atoms with Crippen molar-refractivity contribution in [1.82, 2.24) is 0 Å². The Labute approximate surface area is 63.3 Å². The van der Waals surface area contributed by atoms with Gasteiger partial charge in [-0.3, -0.25) is 0 Å². The van der Waals surface area contributed by atoms with Crippen molar-refractivity contribution in [3.8, 4) is 0 Å². The molecule has 1 aliphatic rings. The van der Waals surface area contributed by atoms with Crippen LogP contribution in [-0.2, 0) is 12.2 Å². The van der Waals surface area contributed by atoms with Gasteiger partial charge in [0.1, 0.15) is 0 Å². The van der Waals surface area contributed by atoms with Crippen LogP contribution in [0.3, 0.4) is 0 Å². The molecule has 47 valence electrons. The lowest BCUT2D eigenvalue weighted by Crippen LogP contribution is -1.96. The van der Waals surface area contributed by atoms with Crippen LogP contribution in [0.1, 0.15) is 10.4 Å². The number of rotatable bonds is 0. The molecule has 9 heavy (non-hydrogen) atoms. The molecule has 1 radical (unpaired) electrons. The van der Waals surface area contributed by atoms with E-state index in [1.165, 1.54) is 17.9 Å². The predicted molar refractivity (Wildman–Crippen MR) is 43.0 cm³/mol. The van der Waals surface area contributed by atoms with Crippen LogP contribution in [-0.4, -0.2) is 5.75 Å². The fourth-order valence-electron chi connectivity index (χ4n) is 0.999. The van der Waals surface area contributed by atoms with E-state index < -0.39 is 0 Å². The van der Waals surface area contributed by atoms with Crippen molar-refractivity contribution in [1.29, 1.82) is 0 Å². The highest BCUT2D eigenvalue weighted by molar-refractivity contribution is 7.98. The summed E-state index contributed by atoms with van der Waals surface area (Å²) >= 11 is 3.81. The summed E-state index contributed by atoms with van der Waals surface area (Å²) in [6, 6.07) is 2.14. The fourth-order valence-corrected chi connectivity index (χ4v) is 3.00. The van der Waals surface area contributed by atoms with Crippen LogP contribution in [0, 0.1) is 5.38 Å². The lowest BCUT2D eigenvalue weighted by atomic mass is 10.2. The van der Waals surface area contributed by atoms with E-state index in [1.54, 1.807) is 21.8 Å². The molecule has 0 amide bonds. The molecule has 0 aliphatic carbocycles. The molecule has 0 spiro atoms. The molecule has 0 fully saturated rings. The van der Waals surface area contributed by atoms with Gasteiger partial charge in [-0.1, -0.05) is 0 Å². The first-order valence-electron chi connectivity index (χ1n) is 3.02. The molecule has 0 nitrogen and oxygen atoms in total.